The summed E-state index contributed by atoms with van der Waals surface area (Å²) in [5, 5.41) is 3.25. The zero-order chi connectivity index (χ0) is 29.8. The van der Waals surface area contributed by atoms with Crippen LogP contribution in [0, 0.1) is 12.8 Å². The summed E-state index contributed by atoms with van der Waals surface area (Å²) < 4.78 is 0. The lowest BCUT2D eigenvalue weighted by molar-refractivity contribution is -0.116. The Morgan fingerprint density at radius 3 is 2.22 bits per heavy atom. The second-order valence-corrected chi connectivity index (χ2v) is 12.1. The van der Waals surface area contributed by atoms with Crippen molar-refractivity contribution in [3.05, 3.63) is 64.7 Å². The van der Waals surface area contributed by atoms with Gasteiger partial charge in [-0.3, -0.25) is 19.4 Å². The Morgan fingerprint density at radius 1 is 0.927 bits per heavy atom. The van der Waals surface area contributed by atoms with E-state index in [1.165, 1.54) is 30.4 Å². The van der Waals surface area contributed by atoms with Crippen molar-refractivity contribution in [1.29, 1.82) is 0 Å². The van der Waals surface area contributed by atoms with Crippen molar-refractivity contribution in [3.63, 3.8) is 0 Å². The summed E-state index contributed by atoms with van der Waals surface area (Å²) in [6, 6.07) is 14.7. The summed E-state index contributed by atoms with van der Waals surface area (Å²) in [6.07, 6.45) is 6.91. The SMILES string of the molecule is CCN(CC)C(CNC(=O)c1ccc2c(c1)CN(CCC(C)C)CCCCCCCN2C(C)=O)c1ccc(C)cc1. The molecule has 2 amide bonds. The first-order valence-electron chi connectivity index (χ1n) is 16.0. The lowest BCUT2D eigenvalue weighted by Crippen LogP contribution is -2.38. The third-order valence-electron chi connectivity index (χ3n) is 8.46. The van der Waals surface area contributed by atoms with Gasteiger partial charge in [0.2, 0.25) is 5.91 Å². The molecule has 0 saturated carbocycles. The van der Waals surface area contributed by atoms with Crippen LogP contribution >= 0.6 is 0 Å². The predicted octanol–water partition coefficient (Wildman–Crippen LogP) is 6.97. The van der Waals surface area contributed by atoms with Crippen LogP contribution in [0.3, 0.4) is 0 Å². The first-order valence-corrected chi connectivity index (χ1v) is 16.0. The van der Waals surface area contributed by atoms with E-state index >= 15 is 0 Å². The molecule has 6 heteroatoms. The molecular weight excluding hydrogens is 508 g/mol. The van der Waals surface area contributed by atoms with Gasteiger partial charge in [-0.15, -0.1) is 0 Å². The van der Waals surface area contributed by atoms with Gasteiger partial charge in [0.05, 0.1) is 6.04 Å². The number of carbonyl (C=O) groups excluding carboxylic acids is 2. The van der Waals surface area contributed by atoms with Crippen molar-refractivity contribution < 1.29 is 9.59 Å². The molecule has 226 valence electrons. The van der Waals surface area contributed by atoms with Crippen molar-refractivity contribution in [2.24, 2.45) is 5.92 Å². The fraction of sp³-hybridized carbons (Fsp3) is 0.600. The predicted molar refractivity (Wildman–Crippen MR) is 171 cm³/mol. The minimum absolute atomic E-state index is 0.0636. The maximum absolute atomic E-state index is 13.6. The summed E-state index contributed by atoms with van der Waals surface area (Å²) in [5.41, 5.74) is 5.12. The number of nitrogens with one attached hydrogen (secondary N) is 1. The molecule has 1 heterocycles. The molecule has 1 atom stereocenters. The number of amides is 2. The Balaban J connectivity index is 1.89. The van der Waals surface area contributed by atoms with Gasteiger partial charge < -0.3 is 10.2 Å². The lowest BCUT2D eigenvalue weighted by Gasteiger charge is -2.31. The maximum Gasteiger partial charge on any atom is 0.251 e. The fourth-order valence-electron chi connectivity index (χ4n) is 5.85. The molecule has 41 heavy (non-hydrogen) atoms. The van der Waals surface area contributed by atoms with Gasteiger partial charge in [0, 0.05) is 37.8 Å². The van der Waals surface area contributed by atoms with E-state index < -0.39 is 0 Å². The second-order valence-electron chi connectivity index (χ2n) is 12.1. The topological polar surface area (TPSA) is 55.9 Å². The van der Waals surface area contributed by atoms with E-state index in [0.29, 0.717) is 18.0 Å². The van der Waals surface area contributed by atoms with E-state index in [0.717, 1.165) is 69.8 Å². The first-order chi connectivity index (χ1) is 19.7. The Morgan fingerprint density at radius 2 is 1.59 bits per heavy atom. The first kappa shape index (κ1) is 32.8. The zero-order valence-electron chi connectivity index (χ0n) is 26.5. The molecule has 0 aliphatic carbocycles. The highest BCUT2D eigenvalue weighted by molar-refractivity contribution is 5.97. The molecule has 0 fully saturated rings. The van der Waals surface area contributed by atoms with Gasteiger partial charge >= 0.3 is 0 Å². The molecule has 3 rings (SSSR count). The third kappa shape index (κ3) is 9.96. The molecule has 2 aromatic rings. The molecule has 1 aliphatic rings. The molecular formula is C35H54N4O2. The number of benzene rings is 2. The molecule has 0 radical (unpaired) electrons. The van der Waals surface area contributed by atoms with E-state index in [2.05, 4.69) is 74.0 Å². The molecule has 0 saturated heterocycles. The van der Waals surface area contributed by atoms with Crippen LogP contribution in [0.4, 0.5) is 5.69 Å². The molecule has 0 aromatic heterocycles. The lowest BCUT2D eigenvalue weighted by atomic mass is 10.0. The Labute approximate surface area is 249 Å². The molecule has 1 unspecified atom stereocenters. The summed E-state index contributed by atoms with van der Waals surface area (Å²) in [5.74, 6) is 0.634. The van der Waals surface area contributed by atoms with Crippen LogP contribution in [0.1, 0.15) is 106 Å². The van der Waals surface area contributed by atoms with Crippen LogP contribution in [-0.4, -0.2) is 60.9 Å². The Hall–Kier alpha value is -2.70. The number of fused-ring (bicyclic) bond motifs is 1. The van der Waals surface area contributed by atoms with Gasteiger partial charge in [-0.05, 0) is 87.6 Å². The molecule has 1 aliphatic heterocycles. The fourth-order valence-corrected chi connectivity index (χ4v) is 5.85. The average Bonchev–Trinajstić information content (AvgIpc) is 2.94. The Kier molecular flexibility index (Phi) is 13.3. The number of aryl methyl sites for hydroxylation is 1. The van der Waals surface area contributed by atoms with Crippen LogP contribution in [-0.2, 0) is 11.3 Å². The highest BCUT2D eigenvalue weighted by Gasteiger charge is 2.22. The van der Waals surface area contributed by atoms with E-state index in [1.54, 1.807) is 6.92 Å². The van der Waals surface area contributed by atoms with E-state index in [1.807, 2.05) is 23.1 Å². The number of anilines is 1. The number of hydrogen-bond donors (Lipinski definition) is 1. The van der Waals surface area contributed by atoms with Crippen molar-refractivity contribution in [2.75, 3.05) is 44.2 Å². The number of nitrogens with zero attached hydrogens (tertiary/aromatic N) is 3. The van der Waals surface area contributed by atoms with Crippen molar-refractivity contribution in [2.45, 2.75) is 92.7 Å². The van der Waals surface area contributed by atoms with Gasteiger partial charge in [0.25, 0.3) is 5.91 Å². The molecule has 0 bridgehead atoms. The second kappa shape index (κ2) is 16.7. The molecule has 0 spiro atoms. The number of likely N-dealkylation sites (N-methyl/N-ethyl adjacent to an activating group) is 1. The summed E-state index contributed by atoms with van der Waals surface area (Å²) >= 11 is 0. The molecule has 6 nitrogen and oxygen atoms in total. The van der Waals surface area contributed by atoms with E-state index in [9.17, 15) is 9.59 Å². The molecule has 2 aromatic carbocycles. The largest absolute Gasteiger partial charge is 0.350 e. The third-order valence-corrected chi connectivity index (χ3v) is 8.46. The van der Waals surface area contributed by atoms with Crippen molar-refractivity contribution in [1.82, 2.24) is 15.1 Å². The molecule has 1 N–H and O–H groups in total. The van der Waals surface area contributed by atoms with Crippen LogP contribution in [0.2, 0.25) is 0 Å². The van der Waals surface area contributed by atoms with Crippen molar-refractivity contribution in [3.8, 4) is 0 Å². The van der Waals surface area contributed by atoms with Gasteiger partial charge in [-0.1, -0.05) is 76.8 Å². The summed E-state index contributed by atoms with van der Waals surface area (Å²) in [4.78, 5) is 33.2. The number of carbonyl (C=O) groups is 2. The van der Waals surface area contributed by atoms with Crippen LogP contribution < -0.4 is 10.2 Å². The Bertz CT molecular complexity index is 1090. The van der Waals surface area contributed by atoms with Gasteiger partial charge in [0.15, 0.2) is 0 Å². The van der Waals surface area contributed by atoms with E-state index in [-0.39, 0.29) is 17.9 Å². The minimum Gasteiger partial charge on any atom is -0.350 e. The summed E-state index contributed by atoms with van der Waals surface area (Å²) in [7, 11) is 0. The van der Waals surface area contributed by atoms with Gasteiger partial charge in [-0.2, -0.15) is 0 Å². The highest BCUT2D eigenvalue weighted by atomic mass is 16.2. The summed E-state index contributed by atoms with van der Waals surface area (Å²) in [6.45, 7) is 18.5. The highest BCUT2D eigenvalue weighted by Crippen LogP contribution is 2.27. The average molecular weight is 563 g/mol. The van der Waals surface area contributed by atoms with Gasteiger partial charge in [-0.25, -0.2) is 0 Å². The number of rotatable bonds is 10. The zero-order valence-corrected chi connectivity index (χ0v) is 26.5. The van der Waals surface area contributed by atoms with Crippen LogP contribution in [0.25, 0.3) is 0 Å². The minimum atomic E-state index is -0.0636. The van der Waals surface area contributed by atoms with Crippen LogP contribution in [0.5, 0.6) is 0 Å². The number of hydrogen-bond acceptors (Lipinski definition) is 4. The quantitative estimate of drug-likeness (QED) is 0.340. The normalized spacial score (nSPS) is 16.1. The van der Waals surface area contributed by atoms with Crippen molar-refractivity contribution >= 4 is 17.5 Å². The standard InChI is InChI=1S/C35H54N4O2/c1-7-38(8-2)34(30-16-14-28(5)15-17-30)25-36-35(41)31-18-19-33-32(24-31)26-37(23-20-27(3)4)21-12-10-9-11-13-22-39(33)29(6)40/h14-19,24,27,34H,7-13,20-23,25-26H2,1-6H3,(H,36,41). The maximum atomic E-state index is 13.6. The monoisotopic (exact) mass is 562 g/mol. The van der Waals surface area contributed by atoms with E-state index in [4.69, 9.17) is 0 Å². The van der Waals surface area contributed by atoms with Crippen LogP contribution in [0.15, 0.2) is 42.5 Å². The smallest absolute Gasteiger partial charge is 0.251 e. The van der Waals surface area contributed by atoms with Gasteiger partial charge in [0.1, 0.15) is 0 Å².